The zero-order valence-electron chi connectivity index (χ0n) is 7.91. The Kier molecular flexibility index (Phi) is 4.71. The van der Waals surface area contributed by atoms with Crippen LogP contribution in [0.15, 0.2) is 18.3 Å². The number of aromatic nitrogens is 1. The van der Waals surface area contributed by atoms with E-state index in [-0.39, 0.29) is 18.3 Å². The number of nitrogens with zero attached hydrogens (tertiary/aromatic N) is 2. The van der Waals surface area contributed by atoms with E-state index in [9.17, 15) is 8.78 Å². The highest BCUT2D eigenvalue weighted by atomic mass is 35.5. The molecule has 0 amide bonds. The molecule has 15 heavy (non-hydrogen) atoms. The van der Waals surface area contributed by atoms with Gasteiger partial charge in [0.25, 0.3) is 6.43 Å². The molecule has 0 aromatic carbocycles. The van der Waals surface area contributed by atoms with E-state index in [1.165, 1.54) is 17.2 Å². The van der Waals surface area contributed by atoms with Crippen LogP contribution in [0, 0.1) is 0 Å². The van der Waals surface area contributed by atoms with Crippen molar-refractivity contribution in [3.8, 4) is 0 Å². The van der Waals surface area contributed by atoms with Crippen LogP contribution in [0.4, 0.5) is 14.5 Å². The molecule has 1 heterocycles. The van der Waals surface area contributed by atoms with Crippen molar-refractivity contribution in [2.24, 2.45) is 0 Å². The summed E-state index contributed by atoms with van der Waals surface area (Å²) in [6, 6.07) is 3.06. The second-order valence-corrected chi connectivity index (χ2v) is 3.28. The second kappa shape index (κ2) is 5.82. The minimum absolute atomic E-state index is 0.144. The third-order valence-corrected chi connectivity index (χ3v) is 2.01. The second-order valence-electron chi connectivity index (χ2n) is 2.90. The topological polar surface area (TPSA) is 36.4 Å². The molecule has 1 aromatic rings. The predicted octanol–water partition coefficient (Wildman–Crippen LogP) is 1.80. The Bertz CT molecular complexity index is 312. The number of hydrogen-bond acceptors (Lipinski definition) is 3. The summed E-state index contributed by atoms with van der Waals surface area (Å²) in [7, 11) is 0. The lowest BCUT2D eigenvalue weighted by Crippen LogP contribution is -2.31. The molecule has 1 rings (SSSR count). The minimum atomic E-state index is -2.46. The standard InChI is InChI=1S/C9H11ClF2N2O/c10-8-5-7(1-2-13-8)14(3-4-15)6-9(11)12/h1-2,5,9,15H,3-4,6H2. The molecule has 1 aromatic heterocycles. The van der Waals surface area contributed by atoms with Crippen LogP contribution in [0.5, 0.6) is 0 Å². The van der Waals surface area contributed by atoms with Gasteiger partial charge in [-0.1, -0.05) is 11.6 Å². The summed E-state index contributed by atoms with van der Waals surface area (Å²) in [6.07, 6.45) is -1.02. The van der Waals surface area contributed by atoms with E-state index in [1.54, 1.807) is 6.07 Å². The zero-order valence-corrected chi connectivity index (χ0v) is 8.66. The summed E-state index contributed by atoms with van der Waals surface area (Å²) >= 11 is 5.64. The maximum atomic E-state index is 12.2. The smallest absolute Gasteiger partial charge is 0.255 e. The molecule has 6 heteroatoms. The molecule has 0 aliphatic rings. The molecular weight excluding hydrogens is 226 g/mol. The van der Waals surface area contributed by atoms with Crippen LogP contribution >= 0.6 is 11.6 Å². The highest BCUT2D eigenvalue weighted by Crippen LogP contribution is 2.17. The van der Waals surface area contributed by atoms with Gasteiger partial charge < -0.3 is 10.0 Å². The van der Waals surface area contributed by atoms with Gasteiger partial charge in [-0.15, -0.1) is 0 Å². The van der Waals surface area contributed by atoms with E-state index in [1.807, 2.05) is 0 Å². The fraction of sp³-hybridized carbons (Fsp3) is 0.444. The van der Waals surface area contributed by atoms with Gasteiger partial charge in [0.1, 0.15) is 5.15 Å². The number of anilines is 1. The zero-order chi connectivity index (χ0) is 11.3. The Hall–Kier alpha value is -0.940. The van der Waals surface area contributed by atoms with E-state index >= 15 is 0 Å². The van der Waals surface area contributed by atoms with Gasteiger partial charge in [0.05, 0.1) is 13.2 Å². The van der Waals surface area contributed by atoms with Crippen molar-refractivity contribution in [3.63, 3.8) is 0 Å². The Morgan fingerprint density at radius 2 is 2.27 bits per heavy atom. The van der Waals surface area contributed by atoms with E-state index in [0.717, 1.165) is 0 Å². The molecule has 3 nitrogen and oxygen atoms in total. The summed E-state index contributed by atoms with van der Waals surface area (Å²) in [6.45, 7) is -0.474. The molecule has 0 fully saturated rings. The predicted molar refractivity (Wildman–Crippen MR) is 54.5 cm³/mol. The van der Waals surface area contributed by atoms with E-state index in [0.29, 0.717) is 5.69 Å². The van der Waals surface area contributed by atoms with Gasteiger partial charge in [-0.2, -0.15) is 0 Å². The number of hydrogen-bond donors (Lipinski definition) is 1. The van der Waals surface area contributed by atoms with Crippen molar-refractivity contribution in [2.45, 2.75) is 6.43 Å². The van der Waals surface area contributed by atoms with Crippen LogP contribution in [0.25, 0.3) is 0 Å². The summed E-state index contributed by atoms with van der Waals surface area (Å²) in [5, 5.41) is 8.99. The first-order chi connectivity index (χ1) is 7.13. The van der Waals surface area contributed by atoms with Crippen LogP contribution in [-0.4, -0.2) is 36.2 Å². The maximum Gasteiger partial charge on any atom is 0.255 e. The Morgan fingerprint density at radius 3 is 2.80 bits per heavy atom. The summed E-state index contributed by atoms with van der Waals surface area (Å²) < 4.78 is 24.4. The average Bonchev–Trinajstić information content (AvgIpc) is 2.16. The van der Waals surface area contributed by atoms with Crippen molar-refractivity contribution in [3.05, 3.63) is 23.5 Å². The number of aliphatic hydroxyl groups is 1. The third kappa shape index (κ3) is 3.97. The van der Waals surface area contributed by atoms with Gasteiger partial charge in [-0.3, -0.25) is 0 Å². The molecule has 0 aliphatic carbocycles. The van der Waals surface area contributed by atoms with Gasteiger partial charge in [-0.05, 0) is 12.1 Å². The van der Waals surface area contributed by atoms with Crippen molar-refractivity contribution >= 4 is 17.3 Å². The van der Waals surface area contributed by atoms with Gasteiger partial charge >= 0.3 is 0 Å². The molecule has 0 spiro atoms. The molecule has 0 bridgehead atoms. The lowest BCUT2D eigenvalue weighted by Gasteiger charge is -2.23. The van der Waals surface area contributed by atoms with Crippen molar-refractivity contribution in [2.75, 3.05) is 24.6 Å². The monoisotopic (exact) mass is 236 g/mol. The molecule has 1 N–H and O–H groups in total. The summed E-state index contributed by atoms with van der Waals surface area (Å²) in [4.78, 5) is 5.11. The Balaban J connectivity index is 2.78. The fourth-order valence-electron chi connectivity index (χ4n) is 1.20. The highest BCUT2D eigenvalue weighted by Gasteiger charge is 2.12. The van der Waals surface area contributed by atoms with Crippen molar-refractivity contribution < 1.29 is 13.9 Å². The van der Waals surface area contributed by atoms with Crippen LogP contribution < -0.4 is 4.90 Å². The summed E-state index contributed by atoms with van der Waals surface area (Å²) in [5.74, 6) is 0. The maximum absolute atomic E-state index is 12.2. The normalized spacial score (nSPS) is 10.7. The number of halogens is 3. The Labute approximate surface area is 91.3 Å². The van der Waals surface area contributed by atoms with Crippen LogP contribution in [-0.2, 0) is 0 Å². The van der Waals surface area contributed by atoms with Gasteiger partial charge in [-0.25, -0.2) is 13.8 Å². The van der Waals surface area contributed by atoms with Gasteiger partial charge in [0, 0.05) is 18.4 Å². The average molecular weight is 237 g/mol. The third-order valence-electron chi connectivity index (χ3n) is 1.80. The highest BCUT2D eigenvalue weighted by molar-refractivity contribution is 6.29. The molecule has 0 radical (unpaired) electrons. The number of alkyl halides is 2. The van der Waals surface area contributed by atoms with Crippen molar-refractivity contribution in [1.29, 1.82) is 0 Å². The molecule has 0 unspecified atom stereocenters. The SMILES string of the molecule is OCCN(CC(F)F)c1ccnc(Cl)c1. The van der Waals surface area contributed by atoms with Gasteiger partial charge in [0.15, 0.2) is 0 Å². The van der Waals surface area contributed by atoms with Crippen LogP contribution in [0.1, 0.15) is 0 Å². The molecule has 0 saturated carbocycles. The molecule has 0 atom stereocenters. The number of pyridine rings is 1. The quantitative estimate of drug-likeness (QED) is 0.792. The van der Waals surface area contributed by atoms with Crippen molar-refractivity contribution in [1.82, 2.24) is 4.98 Å². The first-order valence-corrected chi connectivity index (χ1v) is 4.77. The largest absolute Gasteiger partial charge is 0.395 e. The number of rotatable bonds is 5. The van der Waals surface area contributed by atoms with Crippen LogP contribution in [0.2, 0.25) is 5.15 Å². The summed E-state index contributed by atoms with van der Waals surface area (Å²) in [5.41, 5.74) is 0.532. The first kappa shape index (κ1) is 12.1. The first-order valence-electron chi connectivity index (χ1n) is 4.39. The fourth-order valence-corrected chi connectivity index (χ4v) is 1.37. The van der Waals surface area contributed by atoms with E-state index in [2.05, 4.69) is 4.98 Å². The van der Waals surface area contributed by atoms with E-state index in [4.69, 9.17) is 16.7 Å². The lowest BCUT2D eigenvalue weighted by atomic mass is 10.3. The molecule has 0 aliphatic heterocycles. The molecule has 84 valence electrons. The number of aliphatic hydroxyl groups excluding tert-OH is 1. The van der Waals surface area contributed by atoms with Crippen LogP contribution in [0.3, 0.4) is 0 Å². The lowest BCUT2D eigenvalue weighted by molar-refractivity contribution is 0.153. The minimum Gasteiger partial charge on any atom is -0.395 e. The molecular formula is C9H11ClF2N2O. The Morgan fingerprint density at radius 1 is 1.53 bits per heavy atom. The molecule has 0 saturated heterocycles. The van der Waals surface area contributed by atoms with E-state index < -0.39 is 13.0 Å². The van der Waals surface area contributed by atoms with Gasteiger partial charge in [0.2, 0.25) is 0 Å².